The van der Waals surface area contributed by atoms with Gasteiger partial charge in [-0.25, -0.2) is 13.6 Å². The van der Waals surface area contributed by atoms with Gasteiger partial charge in [0, 0.05) is 12.6 Å². The van der Waals surface area contributed by atoms with Crippen LogP contribution in [-0.2, 0) is 10.0 Å². The van der Waals surface area contributed by atoms with Crippen LogP contribution in [0.3, 0.4) is 0 Å². The number of nitrogens with two attached hydrogens (primary N) is 1. The Balaban J connectivity index is 2.21. The molecular weight excluding hydrogens is 284 g/mol. The van der Waals surface area contributed by atoms with E-state index in [4.69, 9.17) is 9.56 Å². The van der Waals surface area contributed by atoms with E-state index in [1.807, 2.05) is 0 Å². The molecule has 1 aromatic heterocycles. The van der Waals surface area contributed by atoms with Crippen molar-refractivity contribution in [3.63, 3.8) is 0 Å². The molecule has 106 valence electrons. The quantitative estimate of drug-likeness (QED) is 0.810. The third-order valence-electron chi connectivity index (χ3n) is 2.53. The zero-order valence-corrected chi connectivity index (χ0v) is 11.1. The van der Waals surface area contributed by atoms with Gasteiger partial charge in [-0.2, -0.15) is 0 Å². The van der Waals surface area contributed by atoms with Gasteiger partial charge < -0.3 is 9.73 Å². The van der Waals surface area contributed by atoms with Gasteiger partial charge in [-0.1, -0.05) is 12.1 Å². The third kappa shape index (κ3) is 3.43. The number of rotatable bonds is 4. The molecule has 1 aromatic carbocycles. The predicted octanol–water partition coefficient (Wildman–Crippen LogP) is -0.189. The van der Waals surface area contributed by atoms with E-state index in [-0.39, 0.29) is 23.3 Å². The second-order valence-corrected chi connectivity index (χ2v) is 5.83. The van der Waals surface area contributed by atoms with Gasteiger partial charge in [-0.3, -0.25) is 9.59 Å². The Labute approximate surface area is 114 Å². The normalized spacial score (nSPS) is 11.4. The van der Waals surface area contributed by atoms with Crippen LogP contribution in [0.4, 0.5) is 0 Å². The molecule has 0 aliphatic carbocycles. The molecule has 7 nitrogen and oxygen atoms in total. The number of sulfonamides is 1. The number of benzene rings is 1. The van der Waals surface area contributed by atoms with Gasteiger partial charge in [0.25, 0.3) is 5.91 Å². The first-order valence-corrected chi connectivity index (χ1v) is 7.40. The highest BCUT2D eigenvalue weighted by molar-refractivity contribution is 7.89. The number of fused-ring (bicyclic) bond motifs is 1. The summed E-state index contributed by atoms with van der Waals surface area (Å²) in [5, 5.41) is 7.49. The van der Waals surface area contributed by atoms with E-state index in [2.05, 4.69) is 5.32 Å². The molecule has 3 N–H and O–H groups in total. The molecule has 1 heterocycles. The van der Waals surface area contributed by atoms with Crippen molar-refractivity contribution >= 4 is 26.9 Å². The van der Waals surface area contributed by atoms with Gasteiger partial charge >= 0.3 is 0 Å². The van der Waals surface area contributed by atoms with Crippen molar-refractivity contribution < 1.29 is 17.6 Å². The minimum absolute atomic E-state index is 0.159. The Morgan fingerprint density at radius 3 is 2.70 bits per heavy atom. The molecule has 0 unspecified atom stereocenters. The molecule has 0 atom stereocenters. The average molecular weight is 296 g/mol. The number of hydrogen-bond acceptors (Lipinski definition) is 5. The maximum absolute atomic E-state index is 11.8. The summed E-state index contributed by atoms with van der Waals surface area (Å²) in [6.45, 7) is -0.159. The first kappa shape index (κ1) is 14.2. The number of amides is 1. The van der Waals surface area contributed by atoms with Crippen molar-refractivity contribution in [2.75, 3.05) is 12.3 Å². The van der Waals surface area contributed by atoms with Gasteiger partial charge in [0.1, 0.15) is 5.58 Å². The maximum Gasteiger partial charge on any atom is 0.287 e. The Bertz CT molecular complexity index is 810. The summed E-state index contributed by atoms with van der Waals surface area (Å²) in [6.07, 6.45) is 0. The fraction of sp³-hybridized carbons (Fsp3) is 0.167. The third-order valence-corrected chi connectivity index (χ3v) is 3.30. The first-order valence-electron chi connectivity index (χ1n) is 5.68. The summed E-state index contributed by atoms with van der Waals surface area (Å²) in [6, 6.07) is 7.58. The molecule has 0 spiro atoms. The number of primary sulfonamides is 1. The van der Waals surface area contributed by atoms with Crippen LogP contribution in [0.5, 0.6) is 0 Å². The molecule has 0 fully saturated rings. The van der Waals surface area contributed by atoms with Crippen LogP contribution in [0.1, 0.15) is 10.6 Å². The van der Waals surface area contributed by atoms with Crippen molar-refractivity contribution in [2.45, 2.75) is 0 Å². The van der Waals surface area contributed by atoms with E-state index in [0.717, 1.165) is 6.07 Å². The minimum atomic E-state index is -3.65. The van der Waals surface area contributed by atoms with Crippen LogP contribution in [0.25, 0.3) is 11.0 Å². The topological polar surface area (TPSA) is 119 Å². The largest absolute Gasteiger partial charge is 0.451 e. The van der Waals surface area contributed by atoms with E-state index in [1.165, 1.54) is 0 Å². The molecule has 0 aliphatic rings. The average Bonchev–Trinajstić information content (AvgIpc) is 2.37. The zero-order valence-electron chi connectivity index (χ0n) is 10.3. The number of para-hydroxylation sites is 1. The van der Waals surface area contributed by atoms with Crippen molar-refractivity contribution in [1.29, 1.82) is 0 Å². The Morgan fingerprint density at radius 1 is 1.30 bits per heavy atom. The standard InChI is InChI=1S/C12H12N2O5S/c13-20(17,18)6-5-14-12(16)11-7-9(15)8-3-1-2-4-10(8)19-11/h1-4,7H,5-6H2,(H,14,16)(H2,13,17,18). The van der Waals surface area contributed by atoms with Gasteiger partial charge in [0.15, 0.2) is 11.2 Å². The second kappa shape index (κ2) is 5.43. The summed E-state index contributed by atoms with van der Waals surface area (Å²) in [5.41, 5.74) is -0.0555. The SMILES string of the molecule is NS(=O)(=O)CCNC(=O)c1cc(=O)c2ccccc2o1. The van der Waals surface area contributed by atoms with E-state index in [9.17, 15) is 18.0 Å². The molecule has 2 rings (SSSR count). The maximum atomic E-state index is 11.8. The van der Waals surface area contributed by atoms with Crippen LogP contribution in [-0.4, -0.2) is 26.6 Å². The Morgan fingerprint density at radius 2 is 2.00 bits per heavy atom. The highest BCUT2D eigenvalue weighted by Gasteiger charge is 2.12. The van der Waals surface area contributed by atoms with E-state index in [0.29, 0.717) is 5.39 Å². The lowest BCUT2D eigenvalue weighted by Crippen LogP contribution is -2.31. The van der Waals surface area contributed by atoms with Gasteiger partial charge in [0.2, 0.25) is 10.0 Å². The summed E-state index contributed by atoms with van der Waals surface area (Å²) in [7, 11) is -3.65. The lowest BCUT2D eigenvalue weighted by Gasteiger charge is -2.04. The Hall–Kier alpha value is -2.19. The molecule has 1 amide bonds. The fourth-order valence-electron chi connectivity index (χ4n) is 1.61. The molecular formula is C12H12N2O5S. The first-order chi connectivity index (χ1) is 9.37. The predicted molar refractivity (Wildman–Crippen MR) is 72.8 cm³/mol. The van der Waals surface area contributed by atoms with Gasteiger partial charge in [-0.15, -0.1) is 0 Å². The van der Waals surface area contributed by atoms with Crippen LogP contribution in [0, 0.1) is 0 Å². The van der Waals surface area contributed by atoms with E-state index in [1.54, 1.807) is 24.3 Å². The fourth-order valence-corrected chi connectivity index (χ4v) is 2.00. The van der Waals surface area contributed by atoms with E-state index < -0.39 is 21.7 Å². The smallest absolute Gasteiger partial charge is 0.287 e. The van der Waals surface area contributed by atoms with Crippen molar-refractivity contribution in [1.82, 2.24) is 5.32 Å². The summed E-state index contributed by atoms with van der Waals surface area (Å²) >= 11 is 0. The number of hydrogen-bond donors (Lipinski definition) is 2. The molecule has 8 heteroatoms. The monoisotopic (exact) mass is 296 g/mol. The number of carbonyl (C=O) groups is 1. The summed E-state index contributed by atoms with van der Waals surface area (Å²) in [4.78, 5) is 23.5. The van der Waals surface area contributed by atoms with Crippen molar-refractivity contribution in [2.24, 2.45) is 5.14 Å². The highest BCUT2D eigenvalue weighted by atomic mass is 32.2. The molecule has 20 heavy (non-hydrogen) atoms. The lowest BCUT2D eigenvalue weighted by atomic mass is 10.2. The second-order valence-electron chi connectivity index (χ2n) is 4.09. The molecule has 2 aromatic rings. The lowest BCUT2D eigenvalue weighted by molar-refractivity contribution is 0.0929. The van der Waals surface area contributed by atoms with Gasteiger partial charge in [-0.05, 0) is 12.1 Å². The molecule has 0 saturated carbocycles. The molecule has 0 saturated heterocycles. The van der Waals surface area contributed by atoms with Crippen molar-refractivity contribution in [3.05, 3.63) is 46.3 Å². The van der Waals surface area contributed by atoms with E-state index >= 15 is 0 Å². The summed E-state index contributed by atoms with van der Waals surface area (Å²) in [5.74, 6) is -1.24. The van der Waals surface area contributed by atoms with Crippen LogP contribution in [0.2, 0.25) is 0 Å². The van der Waals surface area contributed by atoms with Crippen molar-refractivity contribution in [3.8, 4) is 0 Å². The number of carbonyl (C=O) groups excluding carboxylic acids is 1. The van der Waals surface area contributed by atoms with Crippen LogP contribution in [0.15, 0.2) is 39.5 Å². The zero-order chi connectivity index (χ0) is 14.8. The van der Waals surface area contributed by atoms with Gasteiger partial charge in [0.05, 0.1) is 11.1 Å². The molecule has 0 bridgehead atoms. The summed E-state index contributed by atoms with van der Waals surface area (Å²) < 4.78 is 26.8. The number of nitrogens with one attached hydrogen (secondary N) is 1. The molecule has 0 radical (unpaired) electrons. The highest BCUT2D eigenvalue weighted by Crippen LogP contribution is 2.11. The van der Waals surface area contributed by atoms with Crippen LogP contribution >= 0.6 is 0 Å². The van der Waals surface area contributed by atoms with Crippen LogP contribution < -0.4 is 15.9 Å². The Kier molecular flexibility index (Phi) is 3.86. The molecule has 0 aliphatic heterocycles. The minimum Gasteiger partial charge on any atom is -0.451 e.